The van der Waals surface area contributed by atoms with Crippen molar-refractivity contribution in [2.45, 2.75) is 223 Å². The van der Waals surface area contributed by atoms with Crippen molar-refractivity contribution in [2.75, 3.05) is 6.61 Å². The van der Waals surface area contributed by atoms with Gasteiger partial charge >= 0.3 is 7.82 Å². The van der Waals surface area contributed by atoms with E-state index in [2.05, 4.69) is 49.5 Å². The molecule has 13 nitrogen and oxygen atoms in total. The van der Waals surface area contributed by atoms with E-state index in [4.69, 9.17) is 9.05 Å². The zero-order valence-corrected chi connectivity index (χ0v) is 37.0. The maximum Gasteiger partial charge on any atom is 0.472 e. The van der Waals surface area contributed by atoms with Crippen molar-refractivity contribution in [3.63, 3.8) is 0 Å². The van der Waals surface area contributed by atoms with Crippen molar-refractivity contribution < 1.29 is 59.0 Å². The molecule has 0 radical (unpaired) electrons. The van der Waals surface area contributed by atoms with Gasteiger partial charge in [0.15, 0.2) is 0 Å². The third kappa shape index (κ3) is 27.0. The lowest BCUT2D eigenvalue weighted by Gasteiger charge is -2.41. The molecule has 1 saturated carbocycles. The summed E-state index contributed by atoms with van der Waals surface area (Å²) in [7, 11) is -5.15. The van der Waals surface area contributed by atoms with E-state index in [1.165, 1.54) is 70.3 Å². The molecule has 344 valence electrons. The van der Waals surface area contributed by atoms with E-state index in [-0.39, 0.29) is 6.42 Å². The van der Waals surface area contributed by atoms with Crippen molar-refractivity contribution >= 4 is 13.7 Å². The SMILES string of the molecule is CCCCCC/C=C/CC/C=C/CC/C=C/C(O)C(COP(=O)(O)OC1C(O)C(O)C(O)C(O)C1O)NC(=O)CC(O)CCCCCCC/C=C\CCCCCCCC. The first-order valence-electron chi connectivity index (χ1n) is 22.7. The zero-order chi connectivity index (χ0) is 43.7. The van der Waals surface area contributed by atoms with Gasteiger partial charge < -0.3 is 46.0 Å². The second kappa shape index (κ2) is 34.8. The Kier molecular flexibility index (Phi) is 32.6. The summed E-state index contributed by atoms with van der Waals surface area (Å²) < 4.78 is 22.8. The van der Waals surface area contributed by atoms with E-state index >= 15 is 0 Å². The number of aliphatic hydroxyl groups excluding tert-OH is 7. The summed E-state index contributed by atoms with van der Waals surface area (Å²) in [5.74, 6) is -0.615. The Morgan fingerprint density at radius 1 is 0.593 bits per heavy atom. The molecular formula is C45H82NO12P. The Morgan fingerprint density at radius 3 is 1.51 bits per heavy atom. The van der Waals surface area contributed by atoms with E-state index < -0.39 is 75.2 Å². The van der Waals surface area contributed by atoms with Crippen LogP contribution in [0.25, 0.3) is 0 Å². The standard InChI is InChI=1S/C45H82NO12P/c1-3-5-7-9-11-13-15-17-19-20-22-24-26-28-30-32-36(47)34-39(49)46-37(35-57-59(55,56)58-45-43(53)41(51)40(50)42(52)44(45)54)38(48)33-31-29-27-25-23-21-18-16-14-12-10-8-6-4-2/h14,16-17,19,23,25,31,33,36-38,40-45,47-48,50-54H,3-13,15,18,20-22,24,26-30,32,34-35H2,1-2H3,(H,46,49)(H,55,56)/b16-14+,19-17-,25-23+,33-31+. The number of hydrogen-bond donors (Lipinski definition) is 9. The molecule has 0 aromatic heterocycles. The lowest BCUT2D eigenvalue weighted by atomic mass is 9.85. The molecule has 0 aliphatic heterocycles. The van der Waals surface area contributed by atoms with Gasteiger partial charge in [0.1, 0.15) is 36.6 Å². The van der Waals surface area contributed by atoms with Crippen LogP contribution in [0.5, 0.6) is 0 Å². The van der Waals surface area contributed by atoms with Gasteiger partial charge in [-0.05, 0) is 70.6 Å². The first kappa shape index (κ1) is 55.3. The number of hydrogen-bond acceptors (Lipinski definition) is 11. The third-order valence-corrected chi connectivity index (χ3v) is 11.6. The summed E-state index contributed by atoms with van der Waals surface area (Å²) in [6, 6.07) is -1.27. The topological polar surface area (TPSA) is 226 Å². The lowest BCUT2D eigenvalue weighted by molar-refractivity contribution is -0.220. The number of carbonyl (C=O) groups is 1. The number of unbranched alkanes of at least 4 members (excludes halogenated alkanes) is 17. The van der Waals surface area contributed by atoms with Gasteiger partial charge in [-0.25, -0.2) is 4.57 Å². The first-order chi connectivity index (χ1) is 28.3. The monoisotopic (exact) mass is 860 g/mol. The summed E-state index contributed by atoms with van der Waals surface area (Å²) in [5.41, 5.74) is 0. The smallest absolute Gasteiger partial charge is 0.393 e. The van der Waals surface area contributed by atoms with Crippen LogP contribution in [0.3, 0.4) is 0 Å². The van der Waals surface area contributed by atoms with Gasteiger partial charge in [0.2, 0.25) is 5.91 Å². The summed E-state index contributed by atoms with van der Waals surface area (Å²) in [6.07, 6.45) is 26.3. The Bertz CT molecular complexity index is 1200. The number of allylic oxidation sites excluding steroid dienone is 7. The van der Waals surface area contributed by atoms with Crippen molar-refractivity contribution in [1.82, 2.24) is 5.32 Å². The molecule has 1 aliphatic carbocycles. The average Bonchev–Trinajstić information content (AvgIpc) is 3.21. The van der Waals surface area contributed by atoms with Gasteiger partial charge in [0, 0.05) is 0 Å². The van der Waals surface area contributed by atoms with Crippen LogP contribution in [0, 0.1) is 0 Å². The van der Waals surface area contributed by atoms with Gasteiger partial charge in [-0.3, -0.25) is 13.8 Å². The highest BCUT2D eigenvalue weighted by Crippen LogP contribution is 2.47. The number of carbonyl (C=O) groups excluding carboxylic acids is 1. The second-order valence-electron chi connectivity index (χ2n) is 16.1. The number of phosphoric ester groups is 1. The fraction of sp³-hybridized carbons (Fsp3) is 0.800. The number of amides is 1. The van der Waals surface area contributed by atoms with Gasteiger partial charge in [-0.15, -0.1) is 0 Å². The second-order valence-corrected chi connectivity index (χ2v) is 17.5. The highest BCUT2D eigenvalue weighted by atomic mass is 31.2. The van der Waals surface area contributed by atoms with Gasteiger partial charge in [-0.1, -0.05) is 140 Å². The van der Waals surface area contributed by atoms with Crippen LogP contribution in [0.2, 0.25) is 0 Å². The molecule has 1 rings (SSSR count). The van der Waals surface area contributed by atoms with Crippen LogP contribution in [0.4, 0.5) is 0 Å². The van der Waals surface area contributed by atoms with Crippen molar-refractivity contribution in [3.05, 3.63) is 48.6 Å². The third-order valence-electron chi connectivity index (χ3n) is 10.6. The summed E-state index contributed by atoms with van der Waals surface area (Å²) >= 11 is 0. The lowest BCUT2D eigenvalue weighted by Crippen LogP contribution is -2.64. The van der Waals surface area contributed by atoms with E-state index in [0.717, 1.165) is 64.2 Å². The van der Waals surface area contributed by atoms with Gasteiger partial charge in [-0.2, -0.15) is 0 Å². The van der Waals surface area contributed by atoms with Crippen molar-refractivity contribution in [2.24, 2.45) is 0 Å². The van der Waals surface area contributed by atoms with Crippen LogP contribution < -0.4 is 5.32 Å². The predicted molar refractivity (Wildman–Crippen MR) is 233 cm³/mol. The quantitative estimate of drug-likeness (QED) is 0.0174. The van der Waals surface area contributed by atoms with Crippen molar-refractivity contribution in [3.8, 4) is 0 Å². The Hall–Kier alpha value is -1.74. The normalized spacial score (nSPS) is 24.0. The van der Waals surface area contributed by atoms with Crippen LogP contribution in [-0.2, 0) is 18.4 Å². The van der Waals surface area contributed by atoms with Gasteiger partial charge in [0.25, 0.3) is 0 Å². The number of rotatable bonds is 36. The molecule has 1 aliphatic rings. The molecule has 1 amide bonds. The maximum absolute atomic E-state index is 13.0. The van der Waals surface area contributed by atoms with Gasteiger partial charge in [0.05, 0.1) is 31.3 Å². The molecule has 59 heavy (non-hydrogen) atoms. The molecule has 14 heteroatoms. The van der Waals surface area contributed by atoms with E-state index in [1.807, 2.05) is 6.08 Å². The Morgan fingerprint density at radius 2 is 1.00 bits per heavy atom. The van der Waals surface area contributed by atoms with E-state index in [1.54, 1.807) is 6.08 Å². The minimum atomic E-state index is -5.15. The zero-order valence-electron chi connectivity index (χ0n) is 36.2. The molecule has 0 spiro atoms. The Balaban J connectivity index is 2.61. The molecular weight excluding hydrogens is 777 g/mol. The van der Waals surface area contributed by atoms with E-state index in [0.29, 0.717) is 19.3 Å². The highest BCUT2D eigenvalue weighted by Gasteiger charge is 2.51. The molecule has 0 aromatic rings. The first-order valence-corrected chi connectivity index (χ1v) is 24.2. The molecule has 8 unspecified atom stereocenters. The molecule has 8 atom stereocenters. The van der Waals surface area contributed by atoms with Crippen LogP contribution >= 0.6 is 7.82 Å². The minimum Gasteiger partial charge on any atom is -0.393 e. The average molecular weight is 860 g/mol. The maximum atomic E-state index is 13.0. The molecule has 0 bridgehead atoms. The predicted octanol–water partition coefficient (Wildman–Crippen LogP) is 7.14. The van der Waals surface area contributed by atoms with Crippen LogP contribution in [0.1, 0.15) is 168 Å². The molecule has 0 aromatic carbocycles. The largest absolute Gasteiger partial charge is 0.472 e. The van der Waals surface area contributed by atoms with Crippen LogP contribution in [-0.4, -0.2) is 108 Å². The number of aliphatic hydroxyl groups is 7. The molecule has 0 saturated heterocycles. The summed E-state index contributed by atoms with van der Waals surface area (Å²) in [5, 5.41) is 74.3. The highest BCUT2D eigenvalue weighted by molar-refractivity contribution is 7.47. The number of nitrogens with one attached hydrogen (secondary N) is 1. The summed E-state index contributed by atoms with van der Waals surface area (Å²) in [6.45, 7) is 3.68. The fourth-order valence-corrected chi connectivity index (χ4v) is 7.82. The fourth-order valence-electron chi connectivity index (χ4n) is 6.85. The Labute approximate surface area is 355 Å². The number of phosphoric acid groups is 1. The molecule has 1 fully saturated rings. The summed E-state index contributed by atoms with van der Waals surface area (Å²) in [4.78, 5) is 23.4. The molecule has 9 N–H and O–H groups in total. The van der Waals surface area contributed by atoms with Crippen LogP contribution in [0.15, 0.2) is 48.6 Å². The van der Waals surface area contributed by atoms with Crippen molar-refractivity contribution in [1.29, 1.82) is 0 Å². The van der Waals surface area contributed by atoms with E-state index in [9.17, 15) is 50.0 Å². The molecule has 0 heterocycles. The minimum absolute atomic E-state index is 0.263.